The Kier molecular flexibility index (Phi) is 7.19. The van der Waals surface area contributed by atoms with Gasteiger partial charge < -0.3 is 15.4 Å². The molecule has 1 aromatic rings. The van der Waals surface area contributed by atoms with E-state index in [0.29, 0.717) is 19.7 Å². The molecule has 0 aromatic heterocycles. The van der Waals surface area contributed by atoms with Crippen LogP contribution < -0.4 is 10.6 Å². The van der Waals surface area contributed by atoms with Crippen LogP contribution in [0, 0.1) is 17.6 Å². The van der Waals surface area contributed by atoms with Crippen LogP contribution in [0.15, 0.2) is 18.2 Å². The number of hydrogen-bond donors (Lipinski definition) is 2. The van der Waals surface area contributed by atoms with Crippen molar-refractivity contribution < 1.29 is 18.3 Å². The largest absolute Gasteiger partial charge is 0.366 e. The summed E-state index contributed by atoms with van der Waals surface area (Å²) in [4.78, 5) is 12.2. The number of morpholine rings is 1. The van der Waals surface area contributed by atoms with Crippen LogP contribution in [0.2, 0.25) is 0 Å². The second kappa shape index (κ2) is 8.41. The van der Waals surface area contributed by atoms with Crippen LogP contribution in [0.4, 0.5) is 8.78 Å². The van der Waals surface area contributed by atoms with Crippen LogP contribution in [0.25, 0.3) is 0 Å². The van der Waals surface area contributed by atoms with Gasteiger partial charge in [0.15, 0.2) is 0 Å². The van der Waals surface area contributed by atoms with E-state index in [9.17, 15) is 13.6 Å². The second-order valence-electron chi connectivity index (χ2n) is 5.46. The summed E-state index contributed by atoms with van der Waals surface area (Å²) in [6, 6.07) is 2.87. The van der Waals surface area contributed by atoms with Gasteiger partial charge in [-0.15, -0.1) is 12.4 Å². The number of carbonyl (C=O) groups is 1. The van der Waals surface area contributed by atoms with E-state index >= 15 is 0 Å². The molecule has 0 aliphatic carbocycles. The molecule has 2 rings (SSSR count). The third-order valence-corrected chi connectivity index (χ3v) is 3.48. The van der Waals surface area contributed by atoms with E-state index in [4.69, 9.17) is 4.74 Å². The molecular formula is C15H21ClF2N2O2. The third kappa shape index (κ3) is 4.63. The van der Waals surface area contributed by atoms with Crippen molar-refractivity contribution in [3.05, 3.63) is 35.4 Å². The second-order valence-corrected chi connectivity index (χ2v) is 5.46. The molecule has 0 radical (unpaired) electrons. The monoisotopic (exact) mass is 334 g/mol. The fraction of sp³-hybridized carbons (Fsp3) is 0.533. The van der Waals surface area contributed by atoms with E-state index in [2.05, 4.69) is 10.6 Å². The standard InChI is InChI=1S/C15H20F2N2O2.ClH/c1-9(2)14(11-4-3-10(16)7-12(11)17)19-15(20)13-8-18-5-6-21-13;/h3-4,7,9,13-14,18H,5-6,8H2,1-2H3,(H,19,20);1H. The van der Waals surface area contributed by atoms with Gasteiger partial charge in [0.05, 0.1) is 12.6 Å². The van der Waals surface area contributed by atoms with Gasteiger partial charge in [-0.25, -0.2) is 8.78 Å². The zero-order valence-corrected chi connectivity index (χ0v) is 13.4. The van der Waals surface area contributed by atoms with Crippen LogP contribution in [0.1, 0.15) is 25.5 Å². The van der Waals surface area contributed by atoms with E-state index in [1.54, 1.807) is 0 Å². The quantitative estimate of drug-likeness (QED) is 0.887. The molecule has 2 atom stereocenters. The maximum Gasteiger partial charge on any atom is 0.250 e. The van der Waals surface area contributed by atoms with Crippen molar-refractivity contribution >= 4 is 18.3 Å². The van der Waals surface area contributed by atoms with Gasteiger partial charge in [-0.1, -0.05) is 19.9 Å². The topological polar surface area (TPSA) is 50.4 Å². The maximum absolute atomic E-state index is 13.9. The smallest absolute Gasteiger partial charge is 0.250 e. The van der Waals surface area contributed by atoms with Crippen LogP contribution in [-0.2, 0) is 9.53 Å². The fourth-order valence-corrected chi connectivity index (χ4v) is 2.34. The molecule has 22 heavy (non-hydrogen) atoms. The van der Waals surface area contributed by atoms with Crippen molar-refractivity contribution in [3.8, 4) is 0 Å². The van der Waals surface area contributed by atoms with Crippen LogP contribution in [-0.4, -0.2) is 31.7 Å². The number of halogens is 3. The summed E-state index contributed by atoms with van der Waals surface area (Å²) in [5.74, 6) is -1.61. The Morgan fingerprint density at radius 1 is 1.41 bits per heavy atom. The maximum atomic E-state index is 13.9. The number of rotatable bonds is 4. The summed E-state index contributed by atoms with van der Waals surface area (Å²) < 4.78 is 32.3. The highest BCUT2D eigenvalue weighted by atomic mass is 35.5. The van der Waals surface area contributed by atoms with Gasteiger partial charge in [0, 0.05) is 24.7 Å². The Hall–Kier alpha value is -1.24. The molecule has 7 heteroatoms. The summed E-state index contributed by atoms with van der Waals surface area (Å²) in [5, 5.41) is 5.86. The van der Waals surface area contributed by atoms with E-state index in [-0.39, 0.29) is 29.8 Å². The molecule has 1 saturated heterocycles. The predicted molar refractivity (Wildman–Crippen MR) is 81.9 cm³/mol. The molecule has 4 nitrogen and oxygen atoms in total. The van der Waals surface area contributed by atoms with Crippen molar-refractivity contribution in [2.75, 3.05) is 19.7 Å². The summed E-state index contributed by atoms with van der Waals surface area (Å²) in [6.07, 6.45) is -0.580. The first-order chi connectivity index (χ1) is 9.99. The molecule has 2 N–H and O–H groups in total. The molecule has 0 saturated carbocycles. The lowest BCUT2D eigenvalue weighted by molar-refractivity contribution is -0.135. The average Bonchev–Trinajstić information content (AvgIpc) is 2.46. The van der Waals surface area contributed by atoms with Crippen molar-refractivity contribution in [3.63, 3.8) is 0 Å². The number of nitrogens with one attached hydrogen (secondary N) is 2. The molecule has 0 spiro atoms. The summed E-state index contributed by atoms with van der Waals surface area (Å²) in [5.41, 5.74) is 0.281. The lowest BCUT2D eigenvalue weighted by Gasteiger charge is -2.28. The Morgan fingerprint density at radius 2 is 2.14 bits per heavy atom. The first kappa shape index (κ1) is 18.8. The lowest BCUT2D eigenvalue weighted by atomic mass is 9.95. The van der Waals surface area contributed by atoms with E-state index in [0.717, 1.165) is 6.07 Å². The molecule has 1 heterocycles. The average molecular weight is 335 g/mol. The first-order valence-corrected chi connectivity index (χ1v) is 7.06. The van der Waals surface area contributed by atoms with Crippen molar-refractivity contribution in [1.82, 2.24) is 10.6 Å². The third-order valence-electron chi connectivity index (χ3n) is 3.48. The highest BCUT2D eigenvalue weighted by Gasteiger charge is 2.27. The van der Waals surface area contributed by atoms with Crippen LogP contribution >= 0.6 is 12.4 Å². The van der Waals surface area contributed by atoms with Crippen molar-refractivity contribution in [2.45, 2.75) is 26.0 Å². The zero-order chi connectivity index (χ0) is 15.4. The number of benzene rings is 1. The minimum atomic E-state index is -0.656. The van der Waals surface area contributed by atoms with Gasteiger partial charge in [-0.2, -0.15) is 0 Å². The first-order valence-electron chi connectivity index (χ1n) is 7.06. The van der Waals surface area contributed by atoms with Crippen molar-refractivity contribution in [1.29, 1.82) is 0 Å². The highest BCUT2D eigenvalue weighted by Crippen LogP contribution is 2.25. The Bertz CT molecular complexity index is 508. The van der Waals surface area contributed by atoms with Gasteiger partial charge in [-0.05, 0) is 12.0 Å². The minimum Gasteiger partial charge on any atom is -0.366 e. The molecule has 1 aliphatic heterocycles. The van der Waals surface area contributed by atoms with E-state index in [1.165, 1.54) is 12.1 Å². The van der Waals surface area contributed by atoms with Gasteiger partial charge >= 0.3 is 0 Å². The normalized spacial score (nSPS) is 19.4. The minimum absolute atomic E-state index is 0. The molecule has 1 amide bonds. The number of hydrogen-bond acceptors (Lipinski definition) is 3. The highest BCUT2D eigenvalue weighted by molar-refractivity contribution is 5.85. The Morgan fingerprint density at radius 3 is 2.68 bits per heavy atom. The predicted octanol–water partition coefficient (Wildman–Crippen LogP) is 2.19. The number of ether oxygens (including phenoxy) is 1. The molecule has 2 unspecified atom stereocenters. The Labute approximate surface area is 135 Å². The lowest BCUT2D eigenvalue weighted by Crippen LogP contribution is -2.49. The zero-order valence-electron chi connectivity index (χ0n) is 12.6. The molecule has 0 bridgehead atoms. The van der Waals surface area contributed by atoms with Gasteiger partial charge in [-0.3, -0.25) is 4.79 Å². The molecular weight excluding hydrogens is 314 g/mol. The Balaban J connectivity index is 0.00000242. The number of amides is 1. The van der Waals surface area contributed by atoms with Gasteiger partial charge in [0.25, 0.3) is 5.91 Å². The summed E-state index contributed by atoms with van der Waals surface area (Å²) in [7, 11) is 0. The van der Waals surface area contributed by atoms with Gasteiger partial charge in [0.2, 0.25) is 0 Å². The molecule has 124 valence electrons. The van der Waals surface area contributed by atoms with Crippen LogP contribution in [0.3, 0.4) is 0 Å². The number of carbonyl (C=O) groups excluding carboxylic acids is 1. The fourth-order valence-electron chi connectivity index (χ4n) is 2.34. The molecule has 1 aromatic carbocycles. The van der Waals surface area contributed by atoms with Crippen LogP contribution in [0.5, 0.6) is 0 Å². The molecule has 1 fully saturated rings. The summed E-state index contributed by atoms with van der Waals surface area (Å²) in [6.45, 7) is 5.35. The van der Waals surface area contributed by atoms with E-state index in [1.807, 2.05) is 13.8 Å². The molecule has 1 aliphatic rings. The van der Waals surface area contributed by atoms with Gasteiger partial charge in [0.1, 0.15) is 17.7 Å². The summed E-state index contributed by atoms with van der Waals surface area (Å²) >= 11 is 0. The SMILES string of the molecule is CC(C)C(NC(=O)C1CNCCO1)c1ccc(F)cc1F.Cl. The van der Waals surface area contributed by atoms with Crippen molar-refractivity contribution in [2.24, 2.45) is 5.92 Å². The van der Waals surface area contributed by atoms with E-state index < -0.39 is 23.8 Å².